The van der Waals surface area contributed by atoms with E-state index in [4.69, 9.17) is 0 Å². The van der Waals surface area contributed by atoms with Crippen LogP contribution in [0.3, 0.4) is 0 Å². The monoisotopic (exact) mass is 490 g/mol. The van der Waals surface area contributed by atoms with Crippen molar-refractivity contribution in [1.82, 2.24) is 29.4 Å². The van der Waals surface area contributed by atoms with E-state index >= 15 is 0 Å². The first kappa shape index (κ1) is 22.7. The molecule has 0 aliphatic carbocycles. The van der Waals surface area contributed by atoms with Crippen LogP contribution in [0.1, 0.15) is 67.4 Å². The fraction of sp³-hybridized carbons (Fsp3) is 0.519. The van der Waals surface area contributed by atoms with Crippen LogP contribution in [0.15, 0.2) is 24.7 Å². The van der Waals surface area contributed by atoms with E-state index in [-0.39, 0.29) is 6.04 Å². The second-order valence-corrected chi connectivity index (χ2v) is 11.7. The first-order valence-electron chi connectivity index (χ1n) is 12.9. The molecule has 2 aliphatic heterocycles. The Balaban J connectivity index is 1.25. The third-order valence-electron chi connectivity index (χ3n) is 7.96. The van der Waals surface area contributed by atoms with E-state index in [9.17, 15) is 4.79 Å². The molecule has 0 radical (unpaired) electrons. The predicted octanol–water partition coefficient (Wildman–Crippen LogP) is 5.17. The number of nitrogens with one attached hydrogen (secondary N) is 1. The van der Waals surface area contributed by atoms with Gasteiger partial charge in [-0.25, -0.2) is 9.50 Å². The lowest BCUT2D eigenvalue weighted by Crippen LogP contribution is -2.47. The SMILES string of the molecule is Cc1cc(-c2[nH]c3cc(C4CCN(C(=O)[C@H]5CCCN5C)CC4)sc3c2C(C)C)cn2ncnc12. The molecule has 6 heterocycles. The summed E-state index contributed by atoms with van der Waals surface area (Å²) < 4.78 is 3.24. The number of nitrogens with zero attached hydrogens (tertiary/aromatic N) is 5. The number of rotatable bonds is 4. The minimum Gasteiger partial charge on any atom is -0.354 e. The van der Waals surface area contributed by atoms with Gasteiger partial charge in [0, 0.05) is 29.7 Å². The molecule has 6 rings (SSSR count). The van der Waals surface area contributed by atoms with Gasteiger partial charge in [-0.3, -0.25) is 9.69 Å². The van der Waals surface area contributed by atoms with Crippen molar-refractivity contribution in [3.05, 3.63) is 40.7 Å². The summed E-state index contributed by atoms with van der Waals surface area (Å²) in [4.78, 5) is 26.9. The second kappa shape index (κ2) is 8.75. The number of piperidine rings is 1. The largest absolute Gasteiger partial charge is 0.354 e. The summed E-state index contributed by atoms with van der Waals surface area (Å²) in [6, 6.07) is 4.67. The number of pyridine rings is 1. The molecular weight excluding hydrogens is 456 g/mol. The quantitative estimate of drug-likeness (QED) is 0.428. The van der Waals surface area contributed by atoms with Crippen LogP contribution < -0.4 is 0 Å². The number of carbonyl (C=O) groups excluding carboxylic acids is 1. The van der Waals surface area contributed by atoms with Crippen molar-refractivity contribution in [3.8, 4) is 11.3 Å². The van der Waals surface area contributed by atoms with Gasteiger partial charge in [-0.15, -0.1) is 11.3 Å². The van der Waals surface area contributed by atoms with Crippen molar-refractivity contribution in [2.45, 2.75) is 64.3 Å². The molecule has 1 N–H and O–H groups in total. The van der Waals surface area contributed by atoms with Gasteiger partial charge in [-0.2, -0.15) is 5.10 Å². The molecule has 184 valence electrons. The maximum atomic E-state index is 13.0. The number of amides is 1. The molecule has 35 heavy (non-hydrogen) atoms. The van der Waals surface area contributed by atoms with E-state index in [2.05, 4.69) is 71.0 Å². The molecule has 4 aromatic heterocycles. The zero-order valence-electron chi connectivity index (χ0n) is 21.0. The van der Waals surface area contributed by atoms with Crippen molar-refractivity contribution in [2.75, 3.05) is 26.7 Å². The van der Waals surface area contributed by atoms with Crippen molar-refractivity contribution >= 4 is 33.1 Å². The van der Waals surface area contributed by atoms with Gasteiger partial charge in [0.15, 0.2) is 5.65 Å². The molecule has 7 nitrogen and oxygen atoms in total. The zero-order chi connectivity index (χ0) is 24.3. The van der Waals surface area contributed by atoms with Crippen LogP contribution in [0.25, 0.3) is 27.1 Å². The standard InChI is InChI=1S/C27H34N6OS/c1-16(2)23-24(19-12-17(3)26-28-15-29-33(26)14-19)30-20-13-22(35-25(20)23)18-7-10-32(11-8-18)27(34)21-6-5-9-31(21)4/h12-16,18,21,30H,5-11H2,1-4H3/t21-/m1/s1. The molecule has 0 spiro atoms. The lowest BCUT2D eigenvalue weighted by molar-refractivity contribution is -0.136. The fourth-order valence-corrected chi connectivity index (χ4v) is 7.53. The summed E-state index contributed by atoms with van der Waals surface area (Å²) in [6.07, 6.45) is 7.94. The number of hydrogen-bond acceptors (Lipinski definition) is 5. The molecule has 4 aromatic rings. The van der Waals surface area contributed by atoms with Gasteiger partial charge in [0.2, 0.25) is 5.91 Å². The minimum absolute atomic E-state index is 0.0961. The zero-order valence-corrected chi connectivity index (χ0v) is 21.9. The van der Waals surface area contributed by atoms with Crippen molar-refractivity contribution in [2.24, 2.45) is 0 Å². The maximum Gasteiger partial charge on any atom is 0.239 e. The van der Waals surface area contributed by atoms with Crippen LogP contribution in [-0.4, -0.2) is 68.0 Å². The second-order valence-electron chi connectivity index (χ2n) is 10.6. The van der Waals surface area contributed by atoms with Crippen LogP contribution in [0.4, 0.5) is 0 Å². The summed E-state index contributed by atoms with van der Waals surface area (Å²) in [5.74, 6) is 1.27. The Hall–Kier alpha value is -2.71. The van der Waals surface area contributed by atoms with Gasteiger partial charge in [0.25, 0.3) is 0 Å². The number of H-pyrrole nitrogens is 1. The van der Waals surface area contributed by atoms with Gasteiger partial charge in [-0.05, 0) is 81.3 Å². The molecular formula is C27H34N6OS. The number of likely N-dealkylation sites (N-methyl/N-ethyl adjacent to an activating group) is 1. The Morgan fingerprint density at radius 1 is 1.17 bits per heavy atom. The Bertz CT molecular complexity index is 1390. The highest BCUT2D eigenvalue weighted by molar-refractivity contribution is 7.19. The van der Waals surface area contributed by atoms with E-state index in [0.29, 0.717) is 17.7 Å². The molecule has 1 amide bonds. The number of hydrogen-bond donors (Lipinski definition) is 1. The van der Waals surface area contributed by atoms with Gasteiger partial charge >= 0.3 is 0 Å². The number of aromatic nitrogens is 4. The highest BCUT2D eigenvalue weighted by atomic mass is 32.1. The van der Waals surface area contributed by atoms with E-state index in [1.807, 2.05) is 15.9 Å². The van der Waals surface area contributed by atoms with E-state index < -0.39 is 0 Å². The summed E-state index contributed by atoms with van der Waals surface area (Å²) in [6.45, 7) is 9.43. The highest BCUT2D eigenvalue weighted by Gasteiger charge is 2.34. The molecule has 1 atom stereocenters. The average molecular weight is 491 g/mol. The number of thiophene rings is 1. The summed E-state index contributed by atoms with van der Waals surface area (Å²) >= 11 is 1.94. The molecule has 2 fully saturated rings. The van der Waals surface area contributed by atoms with Crippen LogP contribution in [0.2, 0.25) is 0 Å². The molecule has 0 bridgehead atoms. The highest BCUT2D eigenvalue weighted by Crippen LogP contribution is 2.43. The first-order valence-corrected chi connectivity index (χ1v) is 13.7. The summed E-state index contributed by atoms with van der Waals surface area (Å²) in [5.41, 5.74) is 6.98. The van der Waals surface area contributed by atoms with Crippen LogP contribution in [-0.2, 0) is 4.79 Å². The van der Waals surface area contributed by atoms with Crippen LogP contribution in [0.5, 0.6) is 0 Å². The van der Waals surface area contributed by atoms with E-state index in [0.717, 1.165) is 62.1 Å². The Labute approximate surface area is 210 Å². The number of aryl methyl sites for hydroxylation is 1. The lowest BCUT2D eigenvalue weighted by Gasteiger charge is -2.34. The lowest BCUT2D eigenvalue weighted by atomic mass is 9.94. The van der Waals surface area contributed by atoms with E-state index in [1.165, 1.54) is 26.4 Å². The Kier molecular flexibility index (Phi) is 5.68. The third kappa shape index (κ3) is 3.87. The Morgan fingerprint density at radius 3 is 2.69 bits per heavy atom. The molecule has 0 saturated carbocycles. The van der Waals surface area contributed by atoms with Gasteiger partial charge in [0.05, 0.1) is 22.0 Å². The maximum absolute atomic E-state index is 13.0. The third-order valence-corrected chi connectivity index (χ3v) is 9.30. The van der Waals surface area contributed by atoms with Gasteiger partial charge < -0.3 is 9.88 Å². The van der Waals surface area contributed by atoms with E-state index in [1.54, 1.807) is 6.33 Å². The smallest absolute Gasteiger partial charge is 0.239 e. The Morgan fingerprint density at radius 2 is 1.97 bits per heavy atom. The molecule has 8 heteroatoms. The van der Waals surface area contributed by atoms with Crippen LogP contribution in [0, 0.1) is 6.92 Å². The molecule has 0 unspecified atom stereocenters. The van der Waals surface area contributed by atoms with Crippen LogP contribution >= 0.6 is 11.3 Å². The minimum atomic E-state index is 0.0961. The van der Waals surface area contributed by atoms with Crippen molar-refractivity contribution < 1.29 is 4.79 Å². The number of likely N-dealkylation sites (tertiary alicyclic amines) is 2. The number of aromatic amines is 1. The normalized spacial score (nSPS) is 20.1. The van der Waals surface area contributed by atoms with Gasteiger partial charge in [-0.1, -0.05) is 13.8 Å². The fourth-order valence-electron chi connectivity index (χ4n) is 6.05. The number of fused-ring (bicyclic) bond motifs is 2. The molecule has 2 saturated heterocycles. The van der Waals surface area contributed by atoms with Gasteiger partial charge in [0.1, 0.15) is 6.33 Å². The summed E-state index contributed by atoms with van der Waals surface area (Å²) in [7, 11) is 2.09. The topological polar surface area (TPSA) is 69.5 Å². The average Bonchev–Trinajstić information content (AvgIpc) is 3.61. The first-order chi connectivity index (χ1) is 16.9. The predicted molar refractivity (Wildman–Crippen MR) is 141 cm³/mol. The van der Waals surface area contributed by atoms with Crippen molar-refractivity contribution in [1.29, 1.82) is 0 Å². The molecule has 0 aromatic carbocycles. The number of carbonyl (C=O) groups is 1. The summed E-state index contributed by atoms with van der Waals surface area (Å²) in [5, 5.41) is 4.37. The molecule has 2 aliphatic rings. The van der Waals surface area contributed by atoms with Crippen molar-refractivity contribution in [3.63, 3.8) is 0 Å².